The first-order chi connectivity index (χ1) is 12.1. The molecule has 0 heterocycles. The third kappa shape index (κ3) is 7.01. The Morgan fingerprint density at radius 2 is 1.96 bits per heavy atom. The van der Waals surface area contributed by atoms with Crippen LogP contribution in [0.1, 0.15) is 38.2 Å². The summed E-state index contributed by atoms with van der Waals surface area (Å²) in [6.07, 6.45) is 6.09. The van der Waals surface area contributed by atoms with Gasteiger partial charge in [0, 0.05) is 20.1 Å². The molecule has 1 aromatic rings. The van der Waals surface area contributed by atoms with Crippen molar-refractivity contribution in [3.8, 4) is 5.75 Å². The molecule has 0 bridgehead atoms. The molecule has 146 valence electrons. The third-order valence-corrected chi connectivity index (χ3v) is 5.03. The highest BCUT2D eigenvalue weighted by Gasteiger charge is 2.34. The van der Waals surface area contributed by atoms with Gasteiger partial charge in [0.1, 0.15) is 5.75 Å². The maximum absolute atomic E-state index is 10.7. The second kappa shape index (κ2) is 11.3. The minimum atomic E-state index is -0.473. The van der Waals surface area contributed by atoms with Crippen LogP contribution in [-0.2, 0) is 11.2 Å². The van der Waals surface area contributed by atoms with Crippen molar-refractivity contribution in [2.75, 3.05) is 26.7 Å². The number of carbonyl (C=O) groups is 1. The van der Waals surface area contributed by atoms with Crippen LogP contribution in [0.25, 0.3) is 0 Å². The number of amides is 1. The number of benzene rings is 1. The van der Waals surface area contributed by atoms with Gasteiger partial charge in [-0.2, -0.15) is 0 Å². The number of nitrogens with zero attached hydrogens (tertiary/aromatic N) is 1. The summed E-state index contributed by atoms with van der Waals surface area (Å²) in [4.78, 5) is 15.0. The third-order valence-electron chi connectivity index (χ3n) is 5.03. The summed E-state index contributed by atoms with van der Waals surface area (Å²) >= 11 is 0. The van der Waals surface area contributed by atoms with Gasteiger partial charge >= 0.3 is 0 Å². The molecule has 1 aliphatic rings. The van der Waals surface area contributed by atoms with Crippen LogP contribution in [0.4, 0.5) is 0 Å². The van der Waals surface area contributed by atoms with E-state index in [0.717, 1.165) is 25.5 Å². The zero-order valence-corrected chi connectivity index (χ0v) is 18.0. The lowest BCUT2D eigenvalue weighted by Crippen LogP contribution is -2.46. The van der Waals surface area contributed by atoms with Crippen LogP contribution in [-0.4, -0.2) is 38.6 Å². The molecule has 1 aliphatic carbocycles. The largest absolute Gasteiger partial charge is 0.484 e. The molecule has 0 aliphatic heterocycles. The standard InChI is InChI=1S/C19H30N4O2.HI/c1-3-19(10-4-11-19)14-23-18(21-2)22-12-9-15-5-7-16(8-6-15)25-13-17(20)24;/h5-8H,3-4,9-14H2,1-2H3,(H2,20,24)(H2,21,22,23);1H. The maximum atomic E-state index is 10.7. The van der Waals surface area contributed by atoms with Gasteiger partial charge in [0.15, 0.2) is 12.6 Å². The molecule has 26 heavy (non-hydrogen) atoms. The summed E-state index contributed by atoms with van der Waals surface area (Å²) in [6, 6.07) is 7.70. The number of hydrogen-bond acceptors (Lipinski definition) is 3. The lowest BCUT2D eigenvalue weighted by Gasteiger charge is -2.41. The number of guanidine groups is 1. The van der Waals surface area contributed by atoms with E-state index in [-0.39, 0.29) is 30.6 Å². The van der Waals surface area contributed by atoms with Gasteiger partial charge in [-0.25, -0.2) is 0 Å². The highest BCUT2D eigenvalue weighted by molar-refractivity contribution is 14.0. The zero-order valence-electron chi connectivity index (χ0n) is 15.7. The van der Waals surface area contributed by atoms with Crippen molar-refractivity contribution < 1.29 is 9.53 Å². The summed E-state index contributed by atoms with van der Waals surface area (Å²) in [5.41, 5.74) is 6.72. The molecule has 2 rings (SSSR count). The second-order valence-corrected chi connectivity index (χ2v) is 6.71. The van der Waals surface area contributed by atoms with Crippen LogP contribution < -0.4 is 21.1 Å². The van der Waals surface area contributed by atoms with E-state index in [1.165, 1.54) is 31.2 Å². The number of aliphatic imine (C=N–C) groups is 1. The number of rotatable bonds is 9. The van der Waals surface area contributed by atoms with Crippen molar-refractivity contribution in [3.63, 3.8) is 0 Å². The van der Waals surface area contributed by atoms with Gasteiger partial charge < -0.3 is 21.1 Å². The number of nitrogens with one attached hydrogen (secondary N) is 2. The predicted octanol–water partition coefficient (Wildman–Crippen LogP) is 2.46. The van der Waals surface area contributed by atoms with Gasteiger partial charge in [-0.1, -0.05) is 25.5 Å². The molecule has 4 N–H and O–H groups in total. The highest BCUT2D eigenvalue weighted by atomic mass is 127. The van der Waals surface area contributed by atoms with Crippen LogP contribution in [0.15, 0.2) is 29.3 Å². The van der Waals surface area contributed by atoms with Crippen molar-refractivity contribution in [1.29, 1.82) is 0 Å². The highest BCUT2D eigenvalue weighted by Crippen LogP contribution is 2.42. The minimum Gasteiger partial charge on any atom is -0.484 e. The molecule has 1 aromatic carbocycles. The molecule has 1 amide bonds. The van der Waals surface area contributed by atoms with Gasteiger partial charge in [-0.15, -0.1) is 24.0 Å². The smallest absolute Gasteiger partial charge is 0.255 e. The first-order valence-corrected chi connectivity index (χ1v) is 9.01. The normalized spacial score (nSPS) is 15.4. The Kier molecular flexibility index (Phi) is 9.75. The van der Waals surface area contributed by atoms with Crippen LogP contribution >= 0.6 is 24.0 Å². The van der Waals surface area contributed by atoms with E-state index in [4.69, 9.17) is 10.5 Å². The Balaban J connectivity index is 0.00000338. The average molecular weight is 474 g/mol. The van der Waals surface area contributed by atoms with Crippen LogP contribution in [0.5, 0.6) is 5.75 Å². The number of nitrogens with two attached hydrogens (primary N) is 1. The molecule has 6 nitrogen and oxygen atoms in total. The second-order valence-electron chi connectivity index (χ2n) is 6.71. The molecular weight excluding hydrogens is 443 g/mol. The van der Waals surface area contributed by atoms with E-state index >= 15 is 0 Å². The minimum absolute atomic E-state index is 0. The average Bonchev–Trinajstić information content (AvgIpc) is 2.58. The monoisotopic (exact) mass is 474 g/mol. The van der Waals surface area contributed by atoms with Crippen molar-refractivity contribution in [3.05, 3.63) is 29.8 Å². The van der Waals surface area contributed by atoms with Crippen LogP contribution in [0, 0.1) is 5.41 Å². The number of hydrogen-bond donors (Lipinski definition) is 3. The lowest BCUT2D eigenvalue weighted by atomic mass is 9.67. The van der Waals surface area contributed by atoms with Crippen molar-refractivity contribution in [1.82, 2.24) is 10.6 Å². The molecule has 0 spiro atoms. The summed E-state index contributed by atoms with van der Waals surface area (Å²) in [7, 11) is 1.81. The first-order valence-electron chi connectivity index (χ1n) is 9.01. The van der Waals surface area contributed by atoms with Crippen molar-refractivity contribution in [2.24, 2.45) is 16.1 Å². The summed E-state index contributed by atoms with van der Waals surface area (Å²) < 4.78 is 5.25. The van der Waals surface area contributed by atoms with E-state index in [1.54, 1.807) is 7.05 Å². The molecule has 1 fully saturated rings. The summed E-state index contributed by atoms with van der Waals surface area (Å²) in [5.74, 6) is 1.04. The van der Waals surface area contributed by atoms with E-state index < -0.39 is 5.91 Å². The van der Waals surface area contributed by atoms with Crippen LogP contribution in [0.3, 0.4) is 0 Å². The van der Waals surface area contributed by atoms with Crippen molar-refractivity contribution in [2.45, 2.75) is 39.0 Å². The Bertz CT molecular complexity index is 580. The quantitative estimate of drug-likeness (QED) is 0.292. The summed E-state index contributed by atoms with van der Waals surface area (Å²) in [5, 5.41) is 6.82. The lowest BCUT2D eigenvalue weighted by molar-refractivity contribution is -0.119. The number of primary amides is 1. The first kappa shape index (κ1) is 22.5. The van der Waals surface area contributed by atoms with E-state index in [0.29, 0.717) is 11.2 Å². The Morgan fingerprint density at radius 1 is 1.27 bits per heavy atom. The number of carbonyl (C=O) groups excluding carboxylic acids is 1. The number of ether oxygens (including phenoxy) is 1. The van der Waals surface area contributed by atoms with E-state index in [2.05, 4.69) is 22.5 Å². The molecule has 0 unspecified atom stereocenters. The topological polar surface area (TPSA) is 88.7 Å². The van der Waals surface area contributed by atoms with Gasteiger partial charge in [-0.05, 0) is 48.8 Å². The molecular formula is C19H31IN4O2. The van der Waals surface area contributed by atoms with Gasteiger partial charge in [-0.3, -0.25) is 9.79 Å². The Morgan fingerprint density at radius 3 is 2.46 bits per heavy atom. The van der Waals surface area contributed by atoms with Gasteiger partial charge in [0.2, 0.25) is 0 Å². The molecule has 0 atom stereocenters. The van der Waals surface area contributed by atoms with Crippen molar-refractivity contribution >= 4 is 35.8 Å². The SMILES string of the molecule is CCC1(CNC(=NC)NCCc2ccc(OCC(N)=O)cc2)CCC1.I. The predicted molar refractivity (Wildman–Crippen MR) is 116 cm³/mol. The zero-order chi connectivity index (χ0) is 18.1. The molecule has 0 saturated heterocycles. The Labute approximate surface area is 173 Å². The van der Waals surface area contributed by atoms with E-state index in [9.17, 15) is 4.79 Å². The Hall–Kier alpha value is -1.51. The van der Waals surface area contributed by atoms with Gasteiger partial charge in [0.25, 0.3) is 5.91 Å². The molecule has 0 radical (unpaired) electrons. The fraction of sp³-hybridized carbons (Fsp3) is 0.579. The van der Waals surface area contributed by atoms with E-state index in [1.807, 2.05) is 24.3 Å². The number of halogens is 1. The van der Waals surface area contributed by atoms with Gasteiger partial charge in [0.05, 0.1) is 0 Å². The fourth-order valence-electron chi connectivity index (χ4n) is 3.06. The maximum Gasteiger partial charge on any atom is 0.255 e. The van der Waals surface area contributed by atoms with Crippen LogP contribution in [0.2, 0.25) is 0 Å². The molecule has 0 aromatic heterocycles. The fourth-order valence-corrected chi connectivity index (χ4v) is 3.06. The summed E-state index contributed by atoms with van der Waals surface area (Å²) in [6.45, 7) is 3.98. The molecule has 7 heteroatoms. The molecule has 1 saturated carbocycles.